The molecule has 2 aliphatic rings. The van der Waals surface area contributed by atoms with Gasteiger partial charge in [0.05, 0.1) is 26.7 Å². The van der Waals surface area contributed by atoms with Gasteiger partial charge in [-0.1, -0.05) is 11.8 Å². The van der Waals surface area contributed by atoms with Crippen molar-refractivity contribution in [2.75, 3.05) is 13.1 Å². The van der Waals surface area contributed by atoms with Crippen LogP contribution in [0.25, 0.3) is 0 Å². The molecule has 0 saturated carbocycles. The van der Waals surface area contributed by atoms with Gasteiger partial charge in [-0.2, -0.15) is 0 Å². The van der Waals surface area contributed by atoms with Gasteiger partial charge >= 0.3 is 24.1 Å². The molecule has 2 fully saturated rings. The highest BCUT2D eigenvalue weighted by molar-refractivity contribution is 8.14. The molecular weight excluding hydrogens is 790 g/mol. The number of rotatable bonds is 14. The van der Waals surface area contributed by atoms with Crippen molar-refractivity contribution in [1.29, 1.82) is 0 Å². The number of nitro groups is 3. The summed E-state index contributed by atoms with van der Waals surface area (Å²) >= 11 is 0.855. The van der Waals surface area contributed by atoms with Gasteiger partial charge in [-0.15, -0.1) is 0 Å². The third-order valence-corrected chi connectivity index (χ3v) is 10.2. The van der Waals surface area contributed by atoms with E-state index in [9.17, 15) is 59.1 Å². The van der Waals surface area contributed by atoms with Crippen LogP contribution in [-0.4, -0.2) is 90.2 Å². The van der Waals surface area contributed by atoms with Crippen LogP contribution in [0.1, 0.15) is 36.5 Å². The summed E-state index contributed by atoms with van der Waals surface area (Å²) in [6, 6.07) is 14.3. The van der Waals surface area contributed by atoms with Crippen molar-refractivity contribution in [1.82, 2.24) is 9.80 Å². The van der Waals surface area contributed by atoms with E-state index in [0.29, 0.717) is 28.0 Å². The van der Waals surface area contributed by atoms with Crippen molar-refractivity contribution in [3.8, 4) is 0 Å². The number of likely N-dealkylation sites (tertiary alicyclic amines) is 2. The Kier molecular flexibility index (Phi) is 13.7. The van der Waals surface area contributed by atoms with Gasteiger partial charge in [-0.3, -0.25) is 49.6 Å². The quantitative estimate of drug-likeness (QED) is 0.0536. The minimum atomic E-state index is -1.45. The second-order valence-electron chi connectivity index (χ2n) is 12.9. The number of nitrogens with zero attached hydrogens (tertiary/aromatic N) is 5. The zero-order chi connectivity index (χ0) is 42.1. The number of imide groups is 1. The number of amides is 3. The number of hydrogen-bond acceptors (Lipinski definition) is 17. The van der Waals surface area contributed by atoms with E-state index in [4.69, 9.17) is 18.9 Å². The summed E-state index contributed by atoms with van der Waals surface area (Å²) in [7, 11) is 0. The molecular formula is C36H33N5O16S. The molecule has 0 bridgehead atoms. The van der Waals surface area contributed by atoms with Crippen LogP contribution in [0, 0.1) is 36.3 Å². The highest BCUT2D eigenvalue weighted by atomic mass is 32.2. The predicted molar refractivity (Wildman–Crippen MR) is 196 cm³/mol. The van der Waals surface area contributed by atoms with Crippen LogP contribution in [0.4, 0.5) is 26.7 Å². The highest BCUT2D eigenvalue weighted by Crippen LogP contribution is 2.36. The number of esters is 1. The van der Waals surface area contributed by atoms with E-state index in [1.807, 2.05) is 0 Å². The maximum absolute atomic E-state index is 13.4. The second kappa shape index (κ2) is 18.8. The fraction of sp³-hybridized carbons (Fsp3) is 0.333. The first-order valence-electron chi connectivity index (χ1n) is 17.3. The summed E-state index contributed by atoms with van der Waals surface area (Å²) in [6.45, 7) is 0.724. The zero-order valence-corrected chi connectivity index (χ0v) is 31.2. The van der Waals surface area contributed by atoms with Crippen LogP contribution in [0.5, 0.6) is 0 Å². The third kappa shape index (κ3) is 10.7. The molecule has 2 aliphatic heterocycles. The predicted octanol–water partition coefficient (Wildman–Crippen LogP) is 4.61. The minimum absolute atomic E-state index is 0.111. The van der Waals surface area contributed by atoms with Gasteiger partial charge in [0.15, 0.2) is 5.12 Å². The fourth-order valence-corrected chi connectivity index (χ4v) is 7.15. The molecule has 2 saturated heterocycles. The molecule has 304 valence electrons. The van der Waals surface area contributed by atoms with Crippen LogP contribution in [0.2, 0.25) is 0 Å². The number of ether oxygens (including phenoxy) is 4. The van der Waals surface area contributed by atoms with E-state index in [0.717, 1.165) is 11.8 Å². The largest absolute Gasteiger partial charge is 0.508 e. The van der Waals surface area contributed by atoms with Crippen molar-refractivity contribution < 1.29 is 62.5 Å². The normalized spacial score (nSPS) is 17.7. The first-order valence-corrected chi connectivity index (χ1v) is 18.2. The maximum Gasteiger partial charge on any atom is 0.508 e. The first kappa shape index (κ1) is 42.2. The monoisotopic (exact) mass is 823 g/mol. The van der Waals surface area contributed by atoms with E-state index >= 15 is 0 Å². The summed E-state index contributed by atoms with van der Waals surface area (Å²) in [4.78, 5) is 111. The molecule has 1 unspecified atom stereocenters. The number of non-ortho nitro benzene ring substituents is 3. The molecule has 58 heavy (non-hydrogen) atoms. The average molecular weight is 824 g/mol. The van der Waals surface area contributed by atoms with Crippen LogP contribution >= 0.6 is 11.8 Å². The molecule has 0 N–H and O–H groups in total. The molecule has 0 radical (unpaired) electrons. The number of carbonyl (C=O) groups excluding carboxylic acids is 6. The van der Waals surface area contributed by atoms with Crippen molar-refractivity contribution in [3.05, 3.63) is 120 Å². The lowest BCUT2D eigenvalue weighted by atomic mass is 9.81. The van der Waals surface area contributed by atoms with Crippen LogP contribution < -0.4 is 0 Å². The zero-order valence-electron chi connectivity index (χ0n) is 30.4. The Morgan fingerprint density at radius 1 is 0.741 bits per heavy atom. The second-order valence-corrected chi connectivity index (χ2v) is 14.3. The lowest BCUT2D eigenvalue weighted by molar-refractivity contribution is -0.385. The first-order chi connectivity index (χ1) is 27.6. The summed E-state index contributed by atoms with van der Waals surface area (Å²) < 4.78 is 20.7. The summed E-state index contributed by atoms with van der Waals surface area (Å²) in [5.41, 5.74) is 0.700. The van der Waals surface area contributed by atoms with Crippen LogP contribution in [-0.2, 0) is 57.9 Å². The van der Waals surface area contributed by atoms with Crippen molar-refractivity contribution in [2.24, 2.45) is 5.92 Å². The molecule has 0 aliphatic carbocycles. The van der Waals surface area contributed by atoms with Crippen LogP contribution in [0.15, 0.2) is 72.8 Å². The SMILES string of the molecule is C[C@@H](OC(=O)OCc1ccc([N+](=O)[O-])cc1)[C@H]1C(=O)N(C(=O)C(=O)OCc2ccc([N+](=O)[O-])cc2)[C@@H]1CC(=O)SC1CCN(C(=O)OCc2ccc([N+](=O)[O-])cc2)C1. The van der Waals surface area contributed by atoms with Gasteiger partial charge in [0.2, 0.25) is 5.91 Å². The van der Waals surface area contributed by atoms with Crippen molar-refractivity contribution >= 4 is 64.0 Å². The Hall–Kier alpha value is -6.97. The molecule has 22 heteroatoms. The van der Waals surface area contributed by atoms with Gasteiger partial charge in [0, 0.05) is 61.2 Å². The van der Waals surface area contributed by atoms with Gasteiger partial charge < -0.3 is 23.8 Å². The molecule has 21 nitrogen and oxygen atoms in total. The number of thioether (sulfide) groups is 1. The van der Waals surface area contributed by atoms with E-state index in [-0.39, 0.29) is 43.4 Å². The number of hydrogen-bond donors (Lipinski definition) is 0. The minimum Gasteiger partial charge on any atom is -0.454 e. The Labute approximate surface area is 331 Å². The molecule has 3 aromatic rings. The number of β-lactam (4-membered cyclic amide) rings is 1. The summed E-state index contributed by atoms with van der Waals surface area (Å²) in [5, 5.41) is 31.8. The third-order valence-electron chi connectivity index (χ3n) is 9.06. The topological polar surface area (TPSA) is 275 Å². The Morgan fingerprint density at radius 2 is 1.21 bits per heavy atom. The maximum atomic E-state index is 13.4. The van der Waals surface area contributed by atoms with Gasteiger partial charge in [0.1, 0.15) is 25.9 Å². The fourth-order valence-electron chi connectivity index (χ4n) is 6.03. The summed E-state index contributed by atoms with van der Waals surface area (Å²) in [5.74, 6) is -5.08. The average Bonchev–Trinajstić information content (AvgIpc) is 3.66. The molecule has 5 rings (SSSR count). The van der Waals surface area contributed by atoms with E-state index < -0.39 is 86.3 Å². The van der Waals surface area contributed by atoms with Gasteiger partial charge in [0.25, 0.3) is 17.1 Å². The standard InChI is InChI=1S/C36H33N5O16S/c1-21(57-36(47)56-20-24-6-12-27(13-7-24)41(52)53)31-29(38(32(31)43)33(44)34(45)54-18-22-2-8-25(9-3-22)39(48)49)16-30(42)58-28-14-15-37(17-28)35(46)55-19-23-4-10-26(11-5-23)40(50)51/h2-13,21,28-29,31H,14-20H2,1H3/t21-,28?,29-,31-/m1/s1. The number of carbonyl (C=O) groups is 6. The molecule has 0 spiro atoms. The van der Waals surface area contributed by atoms with E-state index in [1.165, 1.54) is 84.6 Å². The Bertz CT molecular complexity index is 2100. The van der Waals surface area contributed by atoms with Crippen LogP contribution in [0.3, 0.4) is 0 Å². The highest BCUT2D eigenvalue weighted by Gasteiger charge is 2.56. The smallest absolute Gasteiger partial charge is 0.454 e. The van der Waals surface area contributed by atoms with Crippen molar-refractivity contribution in [2.45, 2.75) is 57.0 Å². The lowest BCUT2D eigenvalue weighted by Crippen LogP contribution is -2.68. The van der Waals surface area contributed by atoms with E-state index in [2.05, 4.69) is 0 Å². The lowest BCUT2D eigenvalue weighted by Gasteiger charge is -2.46. The Morgan fingerprint density at radius 3 is 1.69 bits per heavy atom. The Balaban J connectivity index is 1.19. The van der Waals surface area contributed by atoms with Gasteiger partial charge in [-0.05, 0) is 66.4 Å². The molecule has 3 amide bonds. The van der Waals surface area contributed by atoms with Crippen molar-refractivity contribution in [3.63, 3.8) is 0 Å². The number of benzene rings is 3. The molecule has 2 heterocycles. The van der Waals surface area contributed by atoms with E-state index in [1.54, 1.807) is 0 Å². The number of nitro benzene ring substituents is 3. The molecule has 3 aromatic carbocycles. The van der Waals surface area contributed by atoms with Gasteiger partial charge in [-0.25, -0.2) is 14.4 Å². The molecule has 0 aromatic heterocycles. The summed E-state index contributed by atoms with van der Waals surface area (Å²) in [6.07, 6.45) is -3.26. The molecule has 4 atom stereocenters.